The molecule has 0 atom stereocenters. The van der Waals surface area contributed by atoms with Crippen LogP contribution in [-0.4, -0.2) is 170 Å². The molecule has 0 aliphatic rings. The van der Waals surface area contributed by atoms with Crippen molar-refractivity contribution < 1.29 is 127 Å². The van der Waals surface area contributed by atoms with Gasteiger partial charge in [-0.05, 0) is 210 Å². The molecule has 32 heteroatoms. The van der Waals surface area contributed by atoms with Gasteiger partial charge in [-0.2, -0.15) is 18.9 Å². The Kier molecular flexibility index (Phi) is 57.9. The van der Waals surface area contributed by atoms with E-state index < -0.39 is 61.0 Å². The van der Waals surface area contributed by atoms with Crippen LogP contribution in [0.5, 0.6) is 34.5 Å². The van der Waals surface area contributed by atoms with E-state index in [9.17, 15) is 60.0 Å². The summed E-state index contributed by atoms with van der Waals surface area (Å²) in [4.78, 5) is 96.5. The number of nitrogens with zero attached hydrogens (tertiary/aromatic N) is 2. The highest BCUT2D eigenvalue weighted by Crippen LogP contribution is 2.19. The maximum absolute atomic E-state index is 12.1. The molecule has 0 spiro atoms. The van der Waals surface area contributed by atoms with Gasteiger partial charge in [0, 0.05) is 58.8 Å². The van der Waals surface area contributed by atoms with Crippen molar-refractivity contribution >= 4 is 84.2 Å². The van der Waals surface area contributed by atoms with Gasteiger partial charge in [-0.15, -0.1) is 0 Å². The molecule has 0 fully saturated rings. The van der Waals surface area contributed by atoms with E-state index in [1.165, 1.54) is 36.4 Å². The van der Waals surface area contributed by atoms with E-state index in [-0.39, 0.29) is 36.9 Å². The zero-order chi connectivity index (χ0) is 83.5. The fourth-order valence-corrected chi connectivity index (χ4v) is 7.27. The zero-order valence-corrected chi connectivity index (χ0v) is 63.7. The van der Waals surface area contributed by atoms with Gasteiger partial charge < -0.3 is 63.1 Å². The van der Waals surface area contributed by atoms with Crippen molar-refractivity contribution in [1.29, 1.82) is 10.5 Å². The minimum absolute atomic E-state index is 0.116. The molecule has 0 saturated heterocycles. The summed E-state index contributed by atoms with van der Waals surface area (Å²) in [7, 11) is -2.05. The van der Waals surface area contributed by atoms with Crippen molar-refractivity contribution in [2.75, 3.05) is 78.6 Å². The number of nitriles is 2. The van der Waals surface area contributed by atoms with Crippen molar-refractivity contribution in [3.63, 3.8) is 0 Å². The van der Waals surface area contributed by atoms with Gasteiger partial charge >= 0.3 is 41.8 Å². The number of aliphatic hydroxyl groups is 1. The van der Waals surface area contributed by atoms with E-state index in [2.05, 4.69) is 57.2 Å². The highest BCUT2D eigenvalue weighted by molar-refractivity contribution is 8.13. The van der Waals surface area contributed by atoms with Crippen molar-refractivity contribution in [1.82, 2.24) is 0 Å². The number of aromatic hydroxyl groups is 2. The second-order valence-electron chi connectivity index (χ2n) is 21.3. The minimum Gasteiger partial charge on any atom is -0.508 e. The van der Waals surface area contributed by atoms with Gasteiger partial charge in [0.25, 0.3) is 10.1 Å². The summed E-state index contributed by atoms with van der Waals surface area (Å²) < 4.78 is 89.8. The fourth-order valence-electron chi connectivity index (χ4n) is 6.85. The lowest BCUT2D eigenvalue weighted by molar-refractivity contribution is -0.138. The second-order valence-corrected chi connectivity index (χ2v) is 26.0. The van der Waals surface area contributed by atoms with Gasteiger partial charge in [0.05, 0.1) is 106 Å². The first-order valence-corrected chi connectivity index (χ1v) is 37.8. The summed E-state index contributed by atoms with van der Waals surface area (Å²) in [6, 6.07) is 42.1. The number of carbonyl (C=O) groups is 9. The molecule has 111 heavy (non-hydrogen) atoms. The average Bonchev–Trinajstić information content (AvgIpc) is 0.873. The molecule has 0 amide bonds. The van der Waals surface area contributed by atoms with Crippen LogP contribution in [0.1, 0.15) is 117 Å². The van der Waals surface area contributed by atoms with Crippen LogP contribution in [0.2, 0.25) is 0 Å². The number of benzene rings is 6. The molecular formula is C79H91ClN2O27S2. The SMILES string of the molecule is C=CC(=O)OCCCCO.C=CC(=O)OCCCCOS(C)(=O)=O.C=CC(=O)OCCCCOc1ccc(C(=O)O)cc1.C=CC(=O)OCCCCOc1ccc(C(=O)Oc2ccc(C#N)cc2)cc1.C=CC(=O)OCCCCOc1ccc(C=O)cc1.CS(=O)(=O)Cl.N#Cc1ccc(O)cc1.O=Cc1ccc(O)cc1. The number of aliphatic hydroxyl groups excluding tert-OH is 1. The van der Waals surface area contributed by atoms with Crippen LogP contribution in [0.4, 0.5) is 0 Å². The number of carboxylic acids is 1. The lowest BCUT2D eigenvalue weighted by Gasteiger charge is -2.08. The number of carboxylic acid groups (broad SMARTS) is 1. The second kappa shape index (κ2) is 63.8. The Morgan fingerprint density at radius 2 is 0.667 bits per heavy atom. The number of ether oxygens (including phenoxy) is 9. The molecule has 0 saturated carbocycles. The van der Waals surface area contributed by atoms with Gasteiger partial charge in [-0.3, -0.25) is 13.8 Å². The molecule has 6 rings (SSSR count). The van der Waals surface area contributed by atoms with E-state index in [4.69, 9.17) is 64.1 Å². The number of halogens is 1. The molecule has 0 radical (unpaired) electrons. The molecule has 0 unspecified atom stereocenters. The summed E-state index contributed by atoms with van der Waals surface area (Å²) in [5, 5.41) is 51.6. The topological polar surface area (TPSA) is 443 Å². The van der Waals surface area contributed by atoms with E-state index >= 15 is 0 Å². The predicted molar refractivity (Wildman–Crippen MR) is 411 cm³/mol. The molecule has 6 aromatic carbocycles. The summed E-state index contributed by atoms with van der Waals surface area (Å²) >= 11 is 0. The first kappa shape index (κ1) is 101. The number of phenols is 2. The smallest absolute Gasteiger partial charge is 0.343 e. The third-order valence-corrected chi connectivity index (χ3v) is 12.9. The molecule has 0 aromatic heterocycles. The maximum Gasteiger partial charge on any atom is 0.343 e. The largest absolute Gasteiger partial charge is 0.508 e. The predicted octanol–water partition coefficient (Wildman–Crippen LogP) is 11.9. The minimum atomic E-state index is -3.36. The number of rotatable bonds is 38. The van der Waals surface area contributed by atoms with Crippen molar-refractivity contribution in [3.8, 4) is 46.6 Å². The maximum atomic E-state index is 12.1. The van der Waals surface area contributed by atoms with Gasteiger partial charge in [0.15, 0.2) is 0 Å². The Balaban J connectivity index is 0. The number of carbonyl (C=O) groups excluding carboxylic acids is 8. The van der Waals surface area contributed by atoms with Gasteiger partial charge in [-0.25, -0.2) is 42.0 Å². The van der Waals surface area contributed by atoms with E-state index in [0.29, 0.717) is 130 Å². The van der Waals surface area contributed by atoms with Crippen LogP contribution < -0.4 is 18.9 Å². The highest BCUT2D eigenvalue weighted by atomic mass is 35.7. The van der Waals surface area contributed by atoms with Gasteiger partial charge in [0.1, 0.15) is 47.1 Å². The molecule has 0 aliphatic carbocycles. The van der Waals surface area contributed by atoms with E-state index in [0.717, 1.165) is 86.9 Å². The Bertz CT molecular complexity index is 4080. The fraction of sp³-hybridized carbons (Fsp3) is 0.278. The van der Waals surface area contributed by atoms with Crippen LogP contribution in [0.15, 0.2) is 209 Å². The molecule has 4 N–H and O–H groups in total. The third kappa shape index (κ3) is 61.5. The number of hydrogen-bond acceptors (Lipinski definition) is 28. The molecule has 598 valence electrons. The summed E-state index contributed by atoms with van der Waals surface area (Å²) in [5.74, 6) is -0.876. The first-order valence-electron chi connectivity index (χ1n) is 33.3. The number of unbranched alkanes of at least 4 members (excludes halogenated alkanes) is 5. The standard InChI is InChI=1S/C21H19NO5.C14H16O5.C14H16O4.C8H14O5S.C7H5NO.C7H12O3.C7H6O2.CH3ClO2S/c1-2-20(23)26-14-4-3-13-25-18-11-7-17(8-12-18)21(24)27-19-9-5-16(15-22)6-10-19;1-2-13(15)19-10-4-3-9-18-12-7-5-11(6-8-12)14(16)17;1-2-14(16)18-10-4-3-9-17-13-7-5-12(11-15)6-8-13;1-3-8(9)12-6-4-5-7-13-14(2,10)11;8-5-6-1-3-7(9)4-2-6;1-2-7(9)10-6-4-3-5-8;8-5-6-1-3-7(9)4-2-6;1-5(2,3)4/h2,5-12H,1,3-4,13-14H2;2,5-8H,1,3-4,9-10H2,(H,16,17);2,5-8,11H,1,3-4,9-10H2;3H,1,4-7H2,2H3;1-4,9H;2,8H,1,3-6H2;1-5,9H;1H3. The van der Waals surface area contributed by atoms with Crippen LogP contribution >= 0.6 is 10.7 Å². The number of phenolic OH excluding ortho intramolecular Hbond substituents is 2. The Morgan fingerprint density at radius 3 is 0.955 bits per heavy atom. The average molecular weight is 1600 g/mol. The number of esters is 6. The summed E-state index contributed by atoms with van der Waals surface area (Å²) in [5.41, 5.74) is 2.88. The summed E-state index contributed by atoms with van der Waals surface area (Å²) in [6.45, 7) is 19.8. The Labute approximate surface area is 650 Å². The van der Waals surface area contributed by atoms with Crippen molar-refractivity contribution in [3.05, 3.63) is 242 Å². The van der Waals surface area contributed by atoms with Crippen molar-refractivity contribution in [2.45, 2.75) is 64.2 Å². The first-order chi connectivity index (χ1) is 52.9. The Hall–Kier alpha value is -12.3. The molecular weight excluding hydrogens is 1510 g/mol. The lowest BCUT2D eigenvalue weighted by Crippen LogP contribution is -2.08. The number of hydrogen-bond donors (Lipinski definition) is 4. The Morgan fingerprint density at radius 1 is 0.405 bits per heavy atom. The molecule has 29 nitrogen and oxygen atoms in total. The lowest BCUT2D eigenvalue weighted by atomic mass is 10.2. The molecule has 0 heterocycles. The normalized spacial score (nSPS) is 9.68. The van der Waals surface area contributed by atoms with Crippen LogP contribution in [-0.2, 0) is 71.0 Å². The van der Waals surface area contributed by atoms with E-state index in [1.807, 2.05) is 12.1 Å². The van der Waals surface area contributed by atoms with Crippen LogP contribution in [0.3, 0.4) is 0 Å². The molecule has 0 aliphatic heterocycles. The van der Waals surface area contributed by atoms with Crippen LogP contribution in [0, 0.1) is 22.7 Å². The van der Waals surface area contributed by atoms with E-state index in [1.54, 1.807) is 109 Å². The highest BCUT2D eigenvalue weighted by Gasteiger charge is 2.10. The van der Waals surface area contributed by atoms with Crippen molar-refractivity contribution in [2.24, 2.45) is 0 Å². The van der Waals surface area contributed by atoms with Crippen LogP contribution in [0.25, 0.3) is 0 Å². The molecule has 6 aromatic rings. The number of aromatic carboxylic acids is 1. The summed E-state index contributed by atoms with van der Waals surface area (Å²) in [6.07, 6.45) is 15.9. The molecule has 0 bridgehead atoms. The quantitative estimate of drug-likeness (QED) is 0.00409. The van der Waals surface area contributed by atoms with Gasteiger partial charge in [0.2, 0.25) is 9.05 Å². The number of aldehydes is 2. The zero-order valence-electron chi connectivity index (χ0n) is 61.3. The monoisotopic (exact) mass is 1600 g/mol. The third-order valence-electron chi connectivity index (χ3n) is 12.3. The van der Waals surface area contributed by atoms with Gasteiger partial charge in [-0.1, -0.05) is 32.9 Å².